The number of rotatable bonds is 7. The molecule has 0 saturated carbocycles. The number of benzene rings is 2. The van der Waals surface area contributed by atoms with Crippen LogP contribution in [0.25, 0.3) is 0 Å². The van der Waals surface area contributed by atoms with Crippen LogP contribution in [0.3, 0.4) is 0 Å². The number of hydrogen-bond acceptors (Lipinski definition) is 6. The highest BCUT2D eigenvalue weighted by Gasteiger charge is 2.45. The third-order valence-corrected chi connectivity index (χ3v) is 5.94. The van der Waals surface area contributed by atoms with Gasteiger partial charge in [0.1, 0.15) is 17.5 Å². The fraction of sp³-hybridized carbons (Fsp3) is 0.222. The van der Waals surface area contributed by atoms with Crippen LogP contribution in [0.4, 0.5) is 5.69 Å². The summed E-state index contributed by atoms with van der Waals surface area (Å²) >= 11 is 0. The maximum absolute atomic E-state index is 13.4. The largest absolute Gasteiger partial charge is 0.457 e. The summed E-state index contributed by atoms with van der Waals surface area (Å²) in [5.74, 6) is -1.35. The molecule has 3 aromatic rings. The molecule has 0 spiro atoms. The zero-order valence-electron chi connectivity index (χ0n) is 20.0. The Kier molecular flexibility index (Phi) is 7.39. The first kappa shape index (κ1) is 24.6. The number of hydrogen-bond donors (Lipinski definition) is 1. The van der Waals surface area contributed by atoms with Gasteiger partial charge in [-0.05, 0) is 55.0 Å². The van der Waals surface area contributed by atoms with Gasteiger partial charge in [0.05, 0.1) is 12.1 Å². The van der Waals surface area contributed by atoms with Gasteiger partial charge in [-0.15, -0.1) is 0 Å². The number of para-hydroxylation sites is 1. The standard InChI is InChI=1S/C27H26N4O5/c1-3-18(2)26(34)31(29-25(33)19-13-15-28-16-14-19)23-17-24(32)30(27(23)35)20-9-11-22(12-10-20)36-21-7-5-4-6-8-21/h4-16,18,23H,3,17H2,1-2H3,(H,29,33). The number of anilines is 1. The first-order valence-corrected chi connectivity index (χ1v) is 11.6. The third kappa shape index (κ3) is 5.25. The lowest BCUT2D eigenvalue weighted by molar-refractivity contribution is -0.144. The fourth-order valence-electron chi connectivity index (χ4n) is 3.75. The van der Waals surface area contributed by atoms with Crippen LogP contribution in [0.1, 0.15) is 37.0 Å². The average molecular weight is 487 g/mol. The fourth-order valence-corrected chi connectivity index (χ4v) is 3.75. The number of hydrazine groups is 1. The normalized spacial score (nSPS) is 15.9. The molecule has 184 valence electrons. The molecule has 2 unspecified atom stereocenters. The van der Waals surface area contributed by atoms with E-state index < -0.39 is 35.6 Å². The molecule has 0 bridgehead atoms. The Morgan fingerprint density at radius 3 is 2.31 bits per heavy atom. The summed E-state index contributed by atoms with van der Waals surface area (Å²) in [4.78, 5) is 57.1. The average Bonchev–Trinajstić information content (AvgIpc) is 3.21. The SMILES string of the molecule is CCC(C)C(=O)N(NC(=O)c1ccncc1)C1CC(=O)N(c2ccc(Oc3ccccc3)cc2)C1=O. The van der Waals surface area contributed by atoms with E-state index in [9.17, 15) is 19.2 Å². The van der Waals surface area contributed by atoms with E-state index in [4.69, 9.17) is 4.74 Å². The van der Waals surface area contributed by atoms with Crippen LogP contribution >= 0.6 is 0 Å². The summed E-state index contributed by atoms with van der Waals surface area (Å²) in [6.45, 7) is 3.54. The minimum atomic E-state index is -1.16. The number of nitrogens with zero attached hydrogens (tertiary/aromatic N) is 3. The summed E-state index contributed by atoms with van der Waals surface area (Å²) in [7, 11) is 0. The molecule has 0 aliphatic carbocycles. The molecule has 36 heavy (non-hydrogen) atoms. The van der Waals surface area contributed by atoms with Crippen molar-refractivity contribution in [1.29, 1.82) is 0 Å². The highest BCUT2D eigenvalue weighted by molar-refractivity contribution is 6.23. The molecule has 1 aromatic heterocycles. The van der Waals surface area contributed by atoms with Crippen LogP contribution in [-0.2, 0) is 14.4 Å². The van der Waals surface area contributed by atoms with Crippen molar-refractivity contribution in [2.75, 3.05) is 4.90 Å². The highest BCUT2D eigenvalue weighted by Crippen LogP contribution is 2.29. The van der Waals surface area contributed by atoms with Crippen LogP contribution in [-0.4, -0.2) is 39.7 Å². The highest BCUT2D eigenvalue weighted by atomic mass is 16.5. The van der Waals surface area contributed by atoms with E-state index >= 15 is 0 Å². The van der Waals surface area contributed by atoms with Gasteiger partial charge >= 0.3 is 0 Å². The summed E-state index contributed by atoms with van der Waals surface area (Å²) < 4.78 is 5.77. The summed E-state index contributed by atoms with van der Waals surface area (Å²) in [6.07, 6.45) is 3.15. The van der Waals surface area contributed by atoms with Gasteiger partial charge in [-0.25, -0.2) is 9.91 Å². The second-order valence-electron chi connectivity index (χ2n) is 8.39. The molecule has 1 aliphatic heterocycles. The number of imide groups is 1. The first-order chi connectivity index (χ1) is 17.4. The Labute approximate surface area is 208 Å². The van der Waals surface area contributed by atoms with Gasteiger partial charge in [-0.3, -0.25) is 29.6 Å². The molecular formula is C27H26N4O5. The Morgan fingerprint density at radius 2 is 1.67 bits per heavy atom. The quantitative estimate of drug-likeness (QED) is 0.403. The van der Waals surface area contributed by atoms with E-state index in [0.29, 0.717) is 23.6 Å². The molecule has 2 aromatic carbocycles. The Balaban J connectivity index is 1.55. The predicted octanol–water partition coefficient (Wildman–Crippen LogP) is 3.73. The number of pyridine rings is 1. The summed E-state index contributed by atoms with van der Waals surface area (Å²) in [5, 5.41) is 1.00. The number of carbonyl (C=O) groups excluding carboxylic acids is 4. The number of aromatic nitrogens is 1. The van der Waals surface area contributed by atoms with Crippen molar-refractivity contribution >= 4 is 29.3 Å². The molecule has 1 aliphatic rings. The lowest BCUT2D eigenvalue weighted by atomic mass is 10.1. The maximum atomic E-state index is 13.4. The van der Waals surface area contributed by atoms with Crippen LogP contribution in [0.15, 0.2) is 79.1 Å². The summed E-state index contributed by atoms with van der Waals surface area (Å²) in [5.41, 5.74) is 3.17. The lowest BCUT2D eigenvalue weighted by Gasteiger charge is -2.30. The van der Waals surface area contributed by atoms with Gasteiger partial charge in [0, 0.05) is 23.9 Å². The van der Waals surface area contributed by atoms with Crippen molar-refractivity contribution in [3.05, 3.63) is 84.7 Å². The van der Waals surface area contributed by atoms with Gasteiger partial charge in [0.25, 0.3) is 11.8 Å². The minimum Gasteiger partial charge on any atom is -0.457 e. The Hall–Kier alpha value is -4.53. The molecule has 2 atom stereocenters. The molecule has 4 amide bonds. The van der Waals surface area contributed by atoms with E-state index in [-0.39, 0.29) is 12.0 Å². The van der Waals surface area contributed by atoms with Crippen molar-refractivity contribution < 1.29 is 23.9 Å². The van der Waals surface area contributed by atoms with Gasteiger partial charge in [0.2, 0.25) is 11.8 Å². The topological polar surface area (TPSA) is 109 Å². The molecule has 4 rings (SSSR count). The van der Waals surface area contributed by atoms with E-state index in [2.05, 4.69) is 10.4 Å². The molecule has 9 heteroatoms. The molecule has 0 radical (unpaired) electrons. The van der Waals surface area contributed by atoms with Crippen LogP contribution in [0.2, 0.25) is 0 Å². The first-order valence-electron chi connectivity index (χ1n) is 11.6. The van der Waals surface area contributed by atoms with E-state index in [1.165, 1.54) is 24.5 Å². The van der Waals surface area contributed by atoms with Crippen LogP contribution < -0.4 is 15.1 Å². The zero-order chi connectivity index (χ0) is 25.7. The molecule has 1 fully saturated rings. The Bertz CT molecular complexity index is 1250. The van der Waals surface area contributed by atoms with Crippen molar-refractivity contribution in [3.63, 3.8) is 0 Å². The second kappa shape index (κ2) is 10.8. The van der Waals surface area contributed by atoms with Gasteiger partial charge < -0.3 is 4.74 Å². The van der Waals surface area contributed by atoms with Gasteiger partial charge in [0.15, 0.2) is 0 Å². The van der Waals surface area contributed by atoms with Crippen molar-refractivity contribution in [1.82, 2.24) is 15.4 Å². The van der Waals surface area contributed by atoms with Crippen molar-refractivity contribution in [2.45, 2.75) is 32.7 Å². The van der Waals surface area contributed by atoms with Crippen LogP contribution in [0.5, 0.6) is 11.5 Å². The molecular weight excluding hydrogens is 460 g/mol. The second-order valence-corrected chi connectivity index (χ2v) is 8.39. The Morgan fingerprint density at radius 1 is 1.03 bits per heavy atom. The number of carbonyl (C=O) groups is 4. The van der Waals surface area contributed by atoms with Crippen LogP contribution in [0, 0.1) is 5.92 Å². The van der Waals surface area contributed by atoms with E-state index in [1.807, 2.05) is 37.3 Å². The minimum absolute atomic E-state index is 0.250. The summed E-state index contributed by atoms with van der Waals surface area (Å²) in [6, 6.07) is 17.6. The van der Waals surface area contributed by atoms with Crippen molar-refractivity contribution in [2.24, 2.45) is 5.92 Å². The van der Waals surface area contributed by atoms with Crippen molar-refractivity contribution in [3.8, 4) is 11.5 Å². The van der Waals surface area contributed by atoms with Gasteiger partial charge in [-0.1, -0.05) is 32.0 Å². The maximum Gasteiger partial charge on any atom is 0.270 e. The van der Waals surface area contributed by atoms with E-state index in [0.717, 1.165) is 9.91 Å². The molecule has 9 nitrogen and oxygen atoms in total. The molecule has 2 heterocycles. The predicted molar refractivity (Wildman–Crippen MR) is 132 cm³/mol. The zero-order valence-corrected chi connectivity index (χ0v) is 20.0. The third-order valence-electron chi connectivity index (χ3n) is 5.94. The van der Waals surface area contributed by atoms with E-state index in [1.54, 1.807) is 31.2 Å². The molecule has 1 N–H and O–H groups in total. The number of ether oxygens (including phenoxy) is 1. The van der Waals surface area contributed by atoms with Gasteiger partial charge in [-0.2, -0.15) is 0 Å². The lowest BCUT2D eigenvalue weighted by Crippen LogP contribution is -2.56. The molecule has 1 saturated heterocycles. The smallest absolute Gasteiger partial charge is 0.270 e. The number of amides is 4. The monoisotopic (exact) mass is 486 g/mol. The number of nitrogens with one attached hydrogen (secondary N) is 1.